The van der Waals surface area contributed by atoms with E-state index >= 15 is 0 Å². The quantitative estimate of drug-likeness (QED) is 0.0279. The SMILES string of the molecule is C=C1C=CC(=O)N1CCCCCC(=O)Cc1ccc(C(=O)N/N=C(\CO)[C@]2(O)Cc3c(O)c4c(c(O)c3[C@@H](O[C@H]3C[C@H](N)[C@H](O)[C@H](C)O3)C2)C(=O)c2c(OC)cccc2C4=O)c([N+](=O)[O-])c1. The fourth-order valence-electron chi connectivity index (χ4n) is 8.93. The van der Waals surface area contributed by atoms with Gasteiger partial charge >= 0.3 is 0 Å². The van der Waals surface area contributed by atoms with E-state index in [1.165, 1.54) is 37.5 Å². The van der Waals surface area contributed by atoms with Crippen LogP contribution >= 0.6 is 0 Å². The first-order chi connectivity index (χ1) is 31.4. The lowest BCUT2D eigenvalue weighted by molar-refractivity contribution is -0.385. The Balaban J connectivity index is 1.14. The summed E-state index contributed by atoms with van der Waals surface area (Å²) in [5.41, 5.74) is 3.26. The third kappa shape index (κ3) is 8.98. The van der Waals surface area contributed by atoms with E-state index in [2.05, 4.69) is 17.1 Å². The zero-order valence-electron chi connectivity index (χ0n) is 36.0. The van der Waals surface area contributed by atoms with Crippen molar-refractivity contribution in [1.82, 2.24) is 10.3 Å². The highest BCUT2D eigenvalue weighted by molar-refractivity contribution is 6.31. The fraction of sp³-hybridized carbons (Fsp3) is 0.391. The van der Waals surface area contributed by atoms with Crippen molar-refractivity contribution in [3.63, 3.8) is 0 Å². The van der Waals surface area contributed by atoms with E-state index in [0.717, 1.165) is 12.1 Å². The molecule has 66 heavy (non-hydrogen) atoms. The summed E-state index contributed by atoms with van der Waals surface area (Å²) in [7, 11) is 1.29. The molecule has 0 saturated carbocycles. The van der Waals surface area contributed by atoms with Crippen molar-refractivity contribution >= 4 is 40.6 Å². The smallest absolute Gasteiger partial charge is 0.282 e. The molecule has 6 atom stereocenters. The second kappa shape index (κ2) is 19.0. The molecule has 20 heteroatoms. The predicted molar refractivity (Wildman–Crippen MR) is 232 cm³/mol. The van der Waals surface area contributed by atoms with Crippen molar-refractivity contribution in [3.05, 3.63) is 115 Å². The molecule has 0 radical (unpaired) electrons. The number of carbonyl (C=O) groups excluding carboxylic acids is 5. The molecule has 20 nitrogen and oxygen atoms in total. The third-order valence-corrected chi connectivity index (χ3v) is 12.4. The average molecular weight is 912 g/mol. The van der Waals surface area contributed by atoms with Gasteiger partial charge in [0.2, 0.25) is 5.78 Å². The van der Waals surface area contributed by atoms with Gasteiger partial charge < -0.3 is 50.4 Å². The number of aliphatic hydroxyl groups is 3. The summed E-state index contributed by atoms with van der Waals surface area (Å²) < 4.78 is 17.4. The summed E-state index contributed by atoms with van der Waals surface area (Å²) in [4.78, 5) is 79.2. The number of aromatic hydroxyl groups is 2. The highest BCUT2D eigenvalue weighted by Crippen LogP contribution is 2.52. The lowest BCUT2D eigenvalue weighted by Crippen LogP contribution is -2.53. The van der Waals surface area contributed by atoms with E-state index in [0.29, 0.717) is 31.5 Å². The molecule has 348 valence electrons. The molecule has 2 heterocycles. The van der Waals surface area contributed by atoms with Crippen molar-refractivity contribution < 1.29 is 68.6 Å². The number of nitro groups is 1. The molecule has 0 spiro atoms. The van der Waals surface area contributed by atoms with Crippen LogP contribution in [-0.2, 0) is 31.9 Å². The molecule has 2 aliphatic heterocycles. The molecule has 0 aromatic heterocycles. The standard InChI is InChI=1S/C46H49N5O15/c1-22-11-14-34(54)50(22)15-6-4-5-8-25(53)16-24-12-13-26(30(17-24)51(62)63)45(60)49-48-33(21-52)46(61)19-28-37(32(20-46)66-35-18-29(47)40(55)23(2)65-35)44(59)39-38(42(28)57)41(56)27-9-7-10-31(64-3)36(27)43(39)58/h7,9-14,17,23,29,32,35,40,52,55,57,59,61H,1,4-6,8,15-16,18-21,47H2,2-3H3,(H,49,60)/b48-33+/t23-,29-,32-,35-,40+,46-/m0/s1. The number of methoxy groups -OCH3 is 1. The molecule has 0 unspecified atom stereocenters. The summed E-state index contributed by atoms with van der Waals surface area (Å²) in [6.07, 6.45) is -1.03. The number of nitrogens with one attached hydrogen (secondary N) is 1. The summed E-state index contributed by atoms with van der Waals surface area (Å²) in [5.74, 6) is -4.68. The average Bonchev–Trinajstić information content (AvgIpc) is 3.60. The number of unbranched alkanes of at least 4 members (excludes halogenated alkanes) is 2. The number of hydrogen-bond acceptors (Lipinski definition) is 17. The number of rotatable bonds is 16. The number of hydrogen-bond donors (Lipinski definition) is 7. The molecular weight excluding hydrogens is 863 g/mol. The largest absolute Gasteiger partial charge is 0.507 e. The number of nitrogens with two attached hydrogens (primary N) is 1. The molecule has 2 amide bonds. The monoisotopic (exact) mass is 911 g/mol. The minimum absolute atomic E-state index is 0.0342. The number of hydrazone groups is 1. The summed E-state index contributed by atoms with van der Waals surface area (Å²) >= 11 is 0. The Morgan fingerprint density at radius 3 is 2.48 bits per heavy atom. The molecule has 1 saturated heterocycles. The van der Waals surface area contributed by atoms with Crippen LogP contribution in [0.15, 0.2) is 65.9 Å². The summed E-state index contributed by atoms with van der Waals surface area (Å²) in [6, 6.07) is 7.01. The van der Waals surface area contributed by atoms with Gasteiger partial charge in [0.05, 0.1) is 59.4 Å². The van der Waals surface area contributed by atoms with Crippen LogP contribution in [-0.4, -0.2) is 121 Å². The number of nitrogens with zero attached hydrogens (tertiary/aromatic N) is 3. The molecule has 0 bridgehead atoms. The van der Waals surface area contributed by atoms with E-state index < -0.39 is 118 Å². The summed E-state index contributed by atoms with van der Waals surface area (Å²) in [6.45, 7) is 4.78. The van der Waals surface area contributed by atoms with E-state index in [4.69, 9.17) is 19.9 Å². The number of fused-ring (bicyclic) bond motifs is 3. The van der Waals surface area contributed by atoms with Gasteiger partial charge in [-0.1, -0.05) is 31.2 Å². The molecule has 2 aliphatic carbocycles. The topological polar surface area (TPSA) is 311 Å². The zero-order valence-corrected chi connectivity index (χ0v) is 36.0. The third-order valence-electron chi connectivity index (χ3n) is 12.4. The van der Waals surface area contributed by atoms with E-state index in [-0.39, 0.29) is 64.5 Å². The molecule has 3 aromatic rings. The van der Waals surface area contributed by atoms with Crippen LogP contribution in [0.3, 0.4) is 0 Å². The normalized spacial score (nSPS) is 23.6. The van der Waals surface area contributed by atoms with Crippen LogP contribution in [0.1, 0.15) is 110 Å². The van der Waals surface area contributed by atoms with Crippen molar-refractivity contribution in [2.75, 3.05) is 20.3 Å². The first-order valence-electron chi connectivity index (χ1n) is 21.2. The van der Waals surface area contributed by atoms with Gasteiger partial charge in [0.1, 0.15) is 34.2 Å². The lowest BCUT2D eigenvalue weighted by atomic mass is 9.71. The van der Waals surface area contributed by atoms with E-state index in [1.807, 2.05) is 0 Å². The van der Waals surface area contributed by atoms with Crippen molar-refractivity contribution in [3.8, 4) is 17.2 Å². The molecule has 7 rings (SSSR count). The Kier molecular flexibility index (Phi) is 13.6. The van der Waals surface area contributed by atoms with Gasteiger partial charge in [0, 0.05) is 79.2 Å². The predicted octanol–water partition coefficient (Wildman–Crippen LogP) is 2.71. The van der Waals surface area contributed by atoms with Crippen LogP contribution < -0.4 is 15.9 Å². The van der Waals surface area contributed by atoms with Gasteiger partial charge in [-0.15, -0.1) is 0 Å². The maximum absolute atomic E-state index is 14.1. The maximum atomic E-state index is 14.1. The van der Waals surface area contributed by atoms with Crippen molar-refractivity contribution in [2.24, 2.45) is 10.8 Å². The number of phenolic OH excluding ortho intramolecular Hbond substituents is 2. The number of benzene rings is 3. The molecule has 3 aromatic carbocycles. The molecule has 1 fully saturated rings. The number of aliphatic hydroxyl groups excluding tert-OH is 2. The number of ether oxygens (including phenoxy) is 3. The van der Waals surface area contributed by atoms with Crippen molar-refractivity contribution in [1.29, 1.82) is 0 Å². The highest BCUT2D eigenvalue weighted by Gasteiger charge is 2.50. The molecule has 4 aliphatic rings. The number of carbonyl (C=O) groups is 5. The number of ketones is 3. The van der Waals surface area contributed by atoms with Crippen LogP contribution in [0.2, 0.25) is 0 Å². The van der Waals surface area contributed by atoms with Crippen LogP contribution in [0.5, 0.6) is 17.2 Å². The van der Waals surface area contributed by atoms with Crippen LogP contribution in [0.4, 0.5) is 5.69 Å². The Morgan fingerprint density at radius 2 is 1.82 bits per heavy atom. The van der Waals surface area contributed by atoms with Gasteiger partial charge in [-0.05, 0) is 43.5 Å². The minimum Gasteiger partial charge on any atom is -0.507 e. The van der Waals surface area contributed by atoms with Gasteiger partial charge in [-0.3, -0.25) is 34.1 Å². The Hall–Kier alpha value is -6.68. The van der Waals surface area contributed by atoms with Gasteiger partial charge in [-0.2, -0.15) is 5.10 Å². The van der Waals surface area contributed by atoms with E-state index in [1.54, 1.807) is 17.9 Å². The van der Waals surface area contributed by atoms with Gasteiger partial charge in [0.15, 0.2) is 12.1 Å². The van der Waals surface area contributed by atoms with E-state index in [9.17, 15) is 59.6 Å². The fourth-order valence-corrected chi connectivity index (χ4v) is 8.93. The Bertz CT molecular complexity index is 2580. The number of allylic oxidation sites excluding steroid dienone is 1. The number of phenols is 2. The number of amides is 2. The first kappa shape index (κ1) is 47.3. The minimum atomic E-state index is -2.35. The second-order valence-electron chi connectivity index (χ2n) is 16.7. The van der Waals surface area contributed by atoms with Crippen molar-refractivity contribution in [2.45, 2.75) is 94.5 Å². The Labute approximate surface area is 377 Å². The maximum Gasteiger partial charge on any atom is 0.282 e. The second-order valence-corrected chi connectivity index (χ2v) is 16.7. The Morgan fingerprint density at radius 1 is 1.08 bits per heavy atom. The molecule has 8 N–H and O–H groups in total. The first-order valence-corrected chi connectivity index (χ1v) is 21.2. The van der Waals surface area contributed by atoms with Crippen LogP contribution in [0, 0.1) is 10.1 Å². The number of nitro benzene ring substituents is 1. The van der Waals surface area contributed by atoms with Gasteiger partial charge in [-0.25, -0.2) is 5.43 Å². The zero-order chi connectivity index (χ0) is 47.8. The lowest BCUT2D eigenvalue weighted by Gasteiger charge is -2.43. The number of Topliss-reactive ketones (excluding diaryl/α,β-unsaturated/α-hetero) is 1. The summed E-state index contributed by atoms with van der Waals surface area (Å²) in [5, 5.41) is 73.3. The van der Waals surface area contributed by atoms with Crippen LogP contribution in [0.25, 0.3) is 0 Å². The highest BCUT2D eigenvalue weighted by atomic mass is 16.7. The molecular formula is C46H49N5O15. The van der Waals surface area contributed by atoms with Gasteiger partial charge in [0.25, 0.3) is 17.5 Å².